The highest BCUT2D eigenvalue weighted by Crippen LogP contribution is 2.34. The van der Waals surface area contributed by atoms with E-state index in [1.165, 1.54) is 0 Å². The van der Waals surface area contributed by atoms with Gasteiger partial charge in [0.2, 0.25) is 0 Å². The van der Waals surface area contributed by atoms with Crippen LogP contribution in [0.1, 0.15) is 25.7 Å². The average Bonchev–Trinajstić information content (AvgIpc) is 2.53. The molecule has 1 N–H and O–H groups in total. The zero-order valence-corrected chi connectivity index (χ0v) is 11.8. The summed E-state index contributed by atoms with van der Waals surface area (Å²) in [6.45, 7) is 2.33. The van der Waals surface area contributed by atoms with E-state index in [0.29, 0.717) is 6.04 Å². The van der Waals surface area contributed by atoms with Crippen LogP contribution in [-0.4, -0.2) is 49.1 Å². The Morgan fingerprint density at radius 3 is 2.55 bits per heavy atom. The van der Waals surface area contributed by atoms with Crippen molar-refractivity contribution in [3.63, 3.8) is 0 Å². The van der Waals surface area contributed by atoms with Crippen molar-refractivity contribution in [2.75, 3.05) is 26.3 Å². The highest BCUT2D eigenvalue weighted by molar-refractivity contribution is 6.67. The van der Waals surface area contributed by atoms with E-state index in [1.807, 2.05) is 0 Å². The molecule has 7 heteroatoms. The molecule has 0 unspecified atom stereocenters. The molecule has 2 rings (SSSR count). The highest BCUT2D eigenvalue weighted by Gasteiger charge is 2.38. The van der Waals surface area contributed by atoms with Gasteiger partial charge in [0.25, 0.3) is 6.71 Å². The van der Waals surface area contributed by atoms with E-state index in [9.17, 15) is 10.0 Å². The van der Waals surface area contributed by atoms with E-state index >= 15 is 0 Å². The first-order chi connectivity index (χ1) is 9.73. The van der Waals surface area contributed by atoms with Crippen LogP contribution in [0.15, 0.2) is 5.34 Å². The lowest BCUT2D eigenvalue weighted by atomic mass is 9.42. The second-order valence-corrected chi connectivity index (χ2v) is 6.18. The SMILES string of the molecule is N#CB1CCC(N2CCC(CO)(CON=O)CC2)CC1. The minimum Gasteiger partial charge on any atom is -0.396 e. The van der Waals surface area contributed by atoms with Gasteiger partial charge in [-0.1, -0.05) is 12.6 Å². The maximum atomic E-state index is 10.1. The van der Waals surface area contributed by atoms with Crippen LogP contribution in [-0.2, 0) is 4.84 Å². The standard InChI is InChI=1S/C13H22BN3O3/c15-11-14-5-1-12(2-6-14)17-7-3-13(9-18,4-8-17)10-20-16-19/h12,18H,1-10H2. The lowest BCUT2D eigenvalue weighted by Gasteiger charge is -2.44. The minimum atomic E-state index is -0.311. The Labute approximate surface area is 120 Å². The molecule has 0 atom stereocenters. The third-order valence-corrected chi connectivity index (χ3v) is 5.01. The summed E-state index contributed by atoms with van der Waals surface area (Å²) < 4.78 is 0. The number of nitriles is 1. The van der Waals surface area contributed by atoms with E-state index in [-0.39, 0.29) is 25.3 Å². The van der Waals surface area contributed by atoms with Gasteiger partial charge in [0.05, 0.1) is 6.61 Å². The van der Waals surface area contributed by atoms with Crippen LogP contribution < -0.4 is 0 Å². The molecular weight excluding hydrogens is 257 g/mol. The lowest BCUT2D eigenvalue weighted by Crippen LogP contribution is -2.49. The minimum absolute atomic E-state index is 0.0392. The molecule has 2 aliphatic rings. The fraction of sp³-hybridized carbons (Fsp3) is 0.923. The van der Waals surface area contributed by atoms with Gasteiger partial charge in [-0.3, -0.25) is 0 Å². The predicted molar refractivity (Wildman–Crippen MR) is 76.1 cm³/mol. The van der Waals surface area contributed by atoms with E-state index in [0.717, 1.165) is 51.4 Å². The van der Waals surface area contributed by atoms with Gasteiger partial charge in [-0.2, -0.15) is 0 Å². The lowest BCUT2D eigenvalue weighted by molar-refractivity contribution is -0.0405. The van der Waals surface area contributed by atoms with Gasteiger partial charge in [0.1, 0.15) is 6.61 Å². The molecule has 110 valence electrons. The number of aliphatic hydroxyl groups is 1. The molecule has 2 saturated heterocycles. The van der Waals surface area contributed by atoms with Crippen LogP contribution in [0.4, 0.5) is 0 Å². The van der Waals surface area contributed by atoms with Crippen LogP contribution in [0.25, 0.3) is 0 Å². The van der Waals surface area contributed by atoms with Gasteiger partial charge in [0.15, 0.2) is 5.34 Å². The molecular formula is C13H22BN3O3. The first-order valence-electron chi connectivity index (χ1n) is 7.42. The van der Waals surface area contributed by atoms with Crippen molar-refractivity contribution in [2.45, 2.75) is 44.4 Å². The number of piperidine rings is 1. The molecule has 2 aliphatic heterocycles. The Bertz CT molecular complexity index is 358. The van der Waals surface area contributed by atoms with Gasteiger partial charge in [-0.05, 0) is 38.8 Å². The highest BCUT2D eigenvalue weighted by atomic mass is 16.7. The maximum Gasteiger partial charge on any atom is 0.267 e. The van der Waals surface area contributed by atoms with Crippen LogP contribution in [0.3, 0.4) is 0 Å². The predicted octanol–water partition coefficient (Wildman–Crippen LogP) is 1.48. The number of nitrogens with zero attached hydrogens (tertiary/aromatic N) is 3. The van der Waals surface area contributed by atoms with Crippen molar-refractivity contribution in [2.24, 2.45) is 10.8 Å². The van der Waals surface area contributed by atoms with Gasteiger partial charge in [-0.15, -0.1) is 4.91 Å². The third kappa shape index (κ3) is 3.50. The van der Waals surface area contributed by atoms with Crippen molar-refractivity contribution < 1.29 is 9.94 Å². The van der Waals surface area contributed by atoms with Crippen LogP contribution >= 0.6 is 0 Å². The summed E-state index contributed by atoms with van der Waals surface area (Å²) in [6.07, 6.45) is 5.85. The molecule has 0 aromatic carbocycles. The molecule has 0 aliphatic carbocycles. The second kappa shape index (κ2) is 7.05. The van der Waals surface area contributed by atoms with Crippen LogP contribution in [0.2, 0.25) is 12.6 Å². The molecule has 6 nitrogen and oxygen atoms in total. The Hall–Kier alpha value is -1.13. The molecule has 0 saturated carbocycles. The summed E-state index contributed by atoms with van der Waals surface area (Å²) in [5.41, 5.74) is -0.311. The summed E-state index contributed by atoms with van der Waals surface area (Å²) in [6, 6.07) is 0.571. The second-order valence-electron chi connectivity index (χ2n) is 6.18. The average molecular weight is 279 g/mol. The van der Waals surface area contributed by atoms with Gasteiger partial charge >= 0.3 is 0 Å². The Morgan fingerprint density at radius 2 is 2.05 bits per heavy atom. The maximum absolute atomic E-state index is 10.1. The van der Waals surface area contributed by atoms with E-state index in [1.54, 1.807) is 0 Å². The number of likely N-dealkylation sites (tertiary alicyclic amines) is 1. The molecule has 0 spiro atoms. The van der Waals surface area contributed by atoms with Crippen LogP contribution in [0, 0.1) is 21.6 Å². The van der Waals surface area contributed by atoms with Crippen molar-refractivity contribution in [3.8, 4) is 5.97 Å². The molecule has 0 aromatic rings. The number of hydrogen-bond donors (Lipinski definition) is 1. The van der Waals surface area contributed by atoms with E-state index in [4.69, 9.17) is 5.26 Å². The molecule has 0 bridgehead atoms. The normalized spacial score (nSPS) is 24.1. The van der Waals surface area contributed by atoms with Gasteiger partial charge in [0, 0.05) is 17.4 Å². The first kappa shape index (κ1) is 15.3. The molecule has 0 amide bonds. The largest absolute Gasteiger partial charge is 0.396 e. The zero-order chi connectivity index (χ0) is 14.4. The molecule has 20 heavy (non-hydrogen) atoms. The fourth-order valence-corrected chi connectivity index (χ4v) is 3.44. The Balaban J connectivity index is 1.82. The number of rotatable bonds is 5. The summed E-state index contributed by atoms with van der Waals surface area (Å²) >= 11 is 0. The number of hydrogen-bond acceptors (Lipinski definition) is 6. The quantitative estimate of drug-likeness (QED) is 0.468. The summed E-state index contributed by atoms with van der Waals surface area (Å²) in [5, 5.41) is 20.9. The smallest absolute Gasteiger partial charge is 0.267 e. The van der Waals surface area contributed by atoms with Crippen molar-refractivity contribution in [1.29, 1.82) is 5.26 Å². The summed E-state index contributed by atoms with van der Waals surface area (Å²) in [7, 11) is 0. The van der Waals surface area contributed by atoms with Gasteiger partial charge < -0.3 is 14.8 Å². The molecule has 0 aromatic heterocycles. The van der Waals surface area contributed by atoms with Crippen LogP contribution in [0.5, 0.6) is 0 Å². The van der Waals surface area contributed by atoms with E-state index < -0.39 is 0 Å². The van der Waals surface area contributed by atoms with Crippen molar-refractivity contribution >= 4 is 6.71 Å². The Kier molecular flexibility index (Phi) is 5.38. The number of aliphatic hydroxyl groups excluding tert-OH is 1. The molecule has 2 heterocycles. The van der Waals surface area contributed by atoms with Crippen molar-refractivity contribution in [3.05, 3.63) is 4.91 Å². The third-order valence-electron chi connectivity index (χ3n) is 5.01. The fourth-order valence-electron chi connectivity index (χ4n) is 3.44. The summed E-state index contributed by atoms with van der Waals surface area (Å²) in [5.74, 6) is 2.36. The zero-order valence-electron chi connectivity index (χ0n) is 11.8. The molecule has 0 radical (unpaired) electrons. The molecule has 2 fully saturated rings. The topological polar surface area (TPSA) is 85.9 Å². The van der Waals surface area contributed by atoms with Crippen molar-refractivity contribution in [1.82, 2.24) is 4.90 Å². The first-order valence-corrected chi connectivity index (χ1v) is 7.42. The Morgan fingerprint density at radius 1 is 1.40 bits per heavy atom. The van der Waals surface area contributed by atoms with Gasteiger partial charge in [-0.25, -0.2) is 5.26 Å². The summed E-state index contributed by atoms with van der Waals surface area (Å²) in [4.78, 5) is 17.2. The monoisotopic (exact) mass is 279 g/mol. The van der Waals surface area contributed by atoms with E-state index in [2.05, 4.69) is 21.0 Å².